The normalized spacial score (nSPS) is 15.0. The number of hydrogen-bond donors (Lipinski definition) is 2. The molecule has 0 saturated heterocycles. The zero-order chi connectivity index (χ0) is 17.9. The molecule has 0 bridgehead atoms. The van der Waals surface area contributed by atoms with Gasteiger partial charge in [0.15, 0.2) is 5.96 Å². The topological polar surface area (TPSA) is 45.7 Å². The molecular formula is C19H28FN3OS. The molecule has 0 atom stereocenters. The highest BCUT2D eigenvalue weighted by atomic mass is 32.2. The second kappa shape index (κ2) is 11.2. The standard InChI is InChI=1S/C19H28FN3OS/c1-3-21-19(22-9-6-15-7-10-24-11-8-15)23-13-16-4-5-18(20)12-17(16)14-25-2/h4-5,7,12H,3,6,8-11,13-14H2,1-2H3,(H2,21,22,23). The van der Waals surface area contributed by atoms with E-state index in [4.69, 9.17) is 4.74 Å². The maximum atomic E-state index is 13.4. The van der Waals surface area contributed by atoms with Crippen LogP contribution in [0.4, 0.5) is 4.39 Å². The number of benzene rings is 1. The Morgan fingerprint density at radius 3 is 2.92 bits per heavy atom. The molecule has 1 aliphatic rings. The lowest BCUT2D eigenvalue weighted by Gasteiger charge is -2.15. The summed E-state index contributed by atoms with van der Waals surface area (Å²) in [6.45, 7) is 5.80. The zero-order valence-electron chi connectivity index (χ0n) is 15.1. The van der Waals surface area contributed by atoms with Gasteiger partial charge in [-0.25, -0.2) is 9.38 Å². The van der Waals surface area contributed by atoms with Crippen molar-refractivity contribution in [3.8, 4) is 0 Å². The van der Waals surface area contributed by atoms with Crippen molar-refractivity contribution in [1.29, 1.82) is 0 Å². The quantitative estimate of drug-likeness (QED) is 0.421. The minimum absolute atomic E-state index is 0.188. The maximum absolute atomic E-state index is 13.4. The highest BCUT2D eigenvalue weighted by Gasteiger charge is 2.06. The molecule has 1 heterocycles. The van der Waals surface area contributed by atoms with Crippen molar-refractivity contribution in [3.05, 3.63) is 46.8 Å². The molecule has 0 unspecified atom stereocenters. The van der Waals surface area contributed by atoms with E-state index in [0.29, 0.717) is 6.54 Å². The zero-order valence-corrected chi connectivity index (χ0v) is 15.9. The molecule has 1 aliphatic heterocycles. The molecule has 0 amide bonds. The van der Waals surface area contributed by atoms with Gasteiger partial charge in [-0.3, -0.25) is 0 Å². The molecule has 0 spiro atoms. The van der Waals surface area contributed by atoms with E-state index in [-0.39, 0.29) is 5.82 Å². The average Bonchev–Trinajstić information content (AvgIpc) is 2.62. The second-order valence-electron chi connectivity index (χ2n) is 5.91. The lowest BCUT2D eigenvalue weighted by Crippen LogP contribution is -2.38. The third-order valence-corrected chi connectivity index (χ3v) is 4.62. The van der Waals surface area contributed by atoms with Crippen LogP contribution in [0.25, 0.3) is 0 Å². The Hall–Kier alpha value is -1.53. The van der Waals surface area contributed by atoms with E-state index in [1.807, 2.05) is 12.3 Å². The molecule has 2 rings (SSSR count). The van der Waals surface area contributed by atoms with Crippen molar-refractivity contribution < 1.29 is 9.13 Å². The number of guanidine groups is 1. The molecule has 0 radical (unpaired) electrons. The molecule has 0 aromatic heterocycles. The molecule has 0 fully saturated rings. The fraction of sp³-hybridized carbons (Fsp3) is 0.526. The van der Waals surface area contributed by atoms with E-state index in [2.05, 4.69) is 28.6 Å². The number of rotatable bonds is 8. The fourth-order valence-electron chi connectivity index (χ4n) is 2.68. The Morgan fingerprint density at radius 1 is 1.32 bits per heavy atom. The first-order valence-corrected chi connectivity index (χ1v) is 10.2. The number of thioether (sulfide) groups is 1. The molecule has 1 aromatic rings. The minimum Gasteiger partial charge on any atom is -0.377 e. The van der Waals surface area contributed by atoms with Gasteiger partial charge in [-0.2, -0.15) is 11.8 Å². The minimum atomic E-state index is -0.188. The monoisotopic (exact) mass is 365 g/mol. The lowest BCUT2D eigenvalue weighted by atomic mass is 10.1. The molecule has 138 valence electrons. The van der Waals surface area contributed by atoms with Gasteiger partial charge in [0.1, 0.15) is 5.82 Å². The van der Waals surface area contributed by atoms with Crippen LogP contribution in [0.5, 0.6) is 0 Å². The number of hydrogen-bond acceptors (Lipinski definition) is 3. The SMILES string of the molecule is CCNC(=NCc1ccc(F)cc1CSC)NCCC1=CCOCC1. The molecule has 1 aromatic carbocycles. The van der Waals surface area contributed by atoms with Crippen LogP contribution >= 0.6 is 11.8 Å². The van der Waals surface area contributed by atoms with Crippen molar-refractivity contribution in [2.24, 2.45) is 4.99 Å². The molecular weight excluding hydrogens is 337 g/mol. The van der Waals surface area contributed by atoms with Gasteiger partial charge in [-0.1, -0.05) is 17.7 Å². The van der Waals surface area contributed by atoms with Crippen LogP contribution in [0.1, 0.15) is 30.9 Å². The first-order chi connectivity index (χ1) is 12.2. The third kappa shape index (κ3) is 7.08. The van der Waals surface area contributed by atoms with E-state index >= 15 is 0 Å². The summed E-state index contributed by atoms with van der Waals surface area (Å²) in [7, 11) is 0. The van der Waals surface area contributed by atoms with Crippen LogP contribution in [0.15, 0.2) is 34.8 Å². The number of ether oxygens (including phenoxy) is 1. The van der Waals surface area contributed by atoms with E-state index in [0.717, 1.165) is 62.0 Å². The summed E-state index contributed by atoms with van der Waals surface area (Å²) in [5.74, 6) is 1.41. The van der Waals surface area contributed by atoms with E-state index in [9.17, 15) is 4.39 Å². The van der Waals surface area contributed by atoms with Crippen LogP contribution in [-0.2, 0) is 17.0 Å². The van der Waals surface area contributed by atoms with Gasteiger partial charge >= 0.3 is 0 Å². The summed E-state index contributed by atoms with van der Waals surface area (Å²) in [5.41, 5.74) is 3.52. The Kier molecular flexibility index (Phi) is 8.83. The van der Waals surface area contributed by atoms with Gasteiger partial charge in [0.25, 0.3) is 0 Å². The number of nitrogens with zero attached hydrogens (tertiary/aromatic N) is 1. The highest BCUT2D eigenvalue weighted by molar-refractivity contribution is 7.97. The predicted octanol–water partition coefficient (Wildman–Crippen LogP) is 3.48. The first-order valence-electron chi connectivity index (χ1n) is 8.77. The molecule has 0 saturated carbocycles. The van der Waals surface area contributed by atoms with Gasteiger partial charge in [0, 0.05) is 18.8 Å². The molecule has 6 heteroatoms. The maximum Gasteiger partial charge on any atom is 0.191 e. The van der Waals surface area contributed by atoms with Crippen LogP contribution < -0.4 is 10.6 Å². The van der Waals surface area contributed by atoms with Gasteiger partial charge in [0.2, 0.25) is 0 Å². The average molecular weight is 366 g/mol. The smallest absolute Gasteiger partial charge is 0.191 e. The van der Waals surface area contributed by atoms with E-state index in [1.165, 1.54) is 11.6 Å². The Bertz CT molecular complexity index is 604. The Labute approximate surface area is 154 Å². The molecule has 4 nitrogen and oxygen atoms in total. The largest absolute Gasteiger partial charge is 0.377 e. The van der Waals surface area contributed by atoms with E-state index < -0.39 is 0 Å². The van der Waals surface area contributed by atoms with Crippen LogP contribution in [0.3, 0.4) is 0 Å². The summed E-state index contributed by atoms with van der Waals surface area (Å²) in [6.07, 6.45) is 6.21. The number of halogens is 1. The van der Waals surface area contributed by atoms with Crippen molar-refractivity contribution >= 4 is 17.7 Å². The number of nitrogens with one attached hydrogen (secondary N) is 2. The van der Waals surface area contributed by atoms with Gasteiger partial charge in [0.05, 0.1) is 19.8 Å². The molecule has 25 heavy (non-hydrogen) atoms. The van der Waals surface area contributed by atoms with Gasteiger partial charge < -0.3 is 15.4 Å². The predicted molar refractivity (Wildman–Crippen MR) is 105 cm³/mol. The summed E-state index contributed by atoms with van der Waals surface area (Å²) >= 11 is 1.69. The second-order valence-corrected chi connectivity index (χ2v) is 6.77. The summed E-state index contributed by atoms with van der Waals surface area (Å²) in [6, 6.07) is 4.95. The van der Waals surface area contributed by atoms with Gasteiger partial charge in [-0.05, 0) is 49.3 Å². The van der Waals surface area contributed by atoms with Crippen molar-refractivity contribution in [1.82, 2.24) is 10.6 Å². The molecule has 2 N–H and O–H groups in total. The van der Waals surface area contributed by atoms with Crippen LogP contribution in [-0.4, -0.2) is 38.5 Å². The Balaban J connectivity index is 1.93. The van der Waals surface area contributed by atoms with Crippen LogP contribution in [0.2, 0.25) is 0 Å². The molecule has 0 aliphatic carbocycles. The van der Waals surface area contributed by atoms with Crippen molar-refractivity contribution in [3.63, 3.8) is 0 Å². The first kappa shape index (κ1) is 19.8. The number of aliphatic imine (C=N–C) groups is 1. The van der Waals surface area contributed by atoms with Crippen molar-refractivity contribution in [2.75, 3.05) is 32.6 Å². The Morgan fingerprint density at radius 2 is 2.20 bits per heavy atom. The summed E-state index contributed by atoms with van der Waals surface area (Å²) < 4.78 is 18.8. The van der Waals surface area contributed by atoms with Crippen molar-refractivity contribution in [2.45, 2.75) is 32.1 Å². The third-order valence-electron chi connectivity index (χ3n) is 4.02. The lowest BCUT2D eigenvalue weighted by molar-refractivity contribution is 0.153. The fourth-order valence-corrected chi connectivity index (χ4v) is 3.26. The van der Waals surface area contributed by atoms with Crippen LogP contribution in [0, 0.1) is 5.82 Å². The summed E-state index contributed by atoms with van der Waals surface area (Å²) in [4.78, 5) is 4.66. The highest BCUT2D eigenvalue weighted by Crippen LogP contribution is 2.17. The van der Waals surface area contributed by atoms with Gasteiger partial charge in [-0.15, -0.1) is 0 Å². The van der Waals surface area contributed by atoms with E-state index in [1.54, 1.807) is 17.8 Å². The summed E-state index contributed by atoms with van der Waals surface area (Å²) in [5, 5.41) is 6.65.